The summed E-state index contributed by atoms with van der Waals surface area (Å²) in [6.45, 7) is 3.00. The highest BCUT2D eigenvalue weighted by atomic mass is 16.5. The van der Waals surface area contributed by atoms with Crippen molar-refractivity contribution >= 4 is 0 Å². The lowest BCUT2D eigenvalue weighted by atomic mass is 10.2. The number of nitrogens with one attached hydrogen (secondary N) is 1. The van der Waals surface area contributed by atoms with Gasteiger partial charge in [-0.3, -0.25) is 0 Å². The number of ether oxygens (including phenoxy) is 2. The molecule has 0 spiro atoms. The van der Waals surface area contributed by atoms with E-state index in [0.717, 1.165) is 25.4 Å². The molecule has 0 amide bonds. The summed E-state index contributed by atoms with van der Waals surface area (Å²) in [4.78, 5) is 0. The molecule has 3 nitrogen and oxygen atoms in total. The second-order valence-electron chi connectivity index (χ2n) is 4.59. The third-order valence-corrected chi connectivity index (χ3v) is 2.96. The van der Waals surface area contributed by atoms with E-state index < -0.39 is 0 Å². The van der Waals surface area contributed by atoms with Crippen molar-refractivity contribution in [1.82, 2.24) is 5.32 Å². The molecule has 0 aliphatic rings. The second kappa shape index (κ2) is 8.35. The number of benzene rings is 2. The highest BCUT2D eigenvalue weighted by Gasteiger charge is 1.98. The van der Waals surface area contributed by atoms with Gasteiger partial charge in [-0.1, -0.05) is 42.5 Å². The van der Waals surface area contributed by atoms with Gasteiger partial charge < -0.3 is 14.8 Å². The molecule has 2 rings (SSSR count). The molecule has 0 unspecified atom stereocenters. The number of hydrogen-bond donors (Lipinski definition) is 1. The monoisotopic (exact) mass is 271 g/mol. The fourth-order valence-electron chi connectivity index (χ4n) is 1.89. The van der Waals surface area contributed by atoms with Crippen LogP contribution in [0.2, 0.25) is 0 Å². The van der Waals surface area contributed by atoms with Crippen LogP contribution in [0.5, 0.6) is 5.75 Å². The first-order valence-electron chi connectivity index (χ1n) is 6.84. The molecule has 1 N–H and O–H groups in total. The third kappa shape index (κ3) is 5.03. The van der Waals surface area contributed by atoms with E-state index in [1.807, 2.05) is 30.3 Å². The van der Waals surface area contributed by atoms with Gasteiger partial charge in [-0.2, -0.15) is 0 Å². The molecule has 0 aromatic heterocycles. The van der Waals surface area contributed by atoms with Crippen LogP contribution in [-0.2, 0) is 17.9 Å². The largest absolute Gasteiger partial charge is 0.489 e. The summed E-state index contributed by atoms with van der Waals surface area (Å²) in [5, 5.41) is 3.32. The predicted octanol–water partition coefficient (Wildman–Crippen LogP) is 3.00. The molecular formula is C17H21NO2. The van der Waals surface area contributed by atoms with E-state index in [1.54, 1.807) is 7.11 Å². The van der Waals surface area contributed by atoms with Gasteiger partial charge in [0.05, 0.1) is 6.61 Å². The minimum atomic E-state index is 0.599. The Hall–Kier alpha value is -1.84. The van der Waals surface area contributed by atoms with Gasteiger partial charge in [0.25, 0.3) is 0 Å². The summed E-state index contributed by atoms with van der Waals surface area (Å²) in [7, 11) is 1.71. The summed E-state index contributed by atoms with van der Waals surface area (Å²) < 4.78 is 10.8. The molecular weight excluding hydrogens is 250 g/mol. The molecule has 0 saturated carbocycles. The van der Waals surface area contributed by atoms with Crippen LogP contribution in [0.15, 0.2) is 54.6 Å². The maximum absolute atomic E-state index is 5.81. The topological polar surface area (TPSA) is 30.5 Å². The second-order valence-corrected chi connectivity index (χ2v) is 4.59. The van der Waals surface area contributed by atoms with E-state index in [1.165, 1.54) is 11.1 Å². The molecule has 0 radical (unpaired) electrons. The number of rotatable bonds is 8. The average molecular weight is 271 g/mol. The fraction of sp³-hybridized carbons (Fsp3) is 0.294. The zero-order chi connectivity index (χ0) is 14.0. The van der Waals surface area contributed by atoms with Crippen LogP contribution >= 0.6 is 0 Å². The van der Waals surface area contributed by atoms with Gasteiger partial charge in [-0.15, -0.1) is 0 Å². The lowest BCUT2D eigenvalue weighted by molar-refractivity contribution is 0.199. The lowest BCUT2D eigenvalue weighted by Gasteiger charge is -2.09. The number of hydrogen-bond acceptors (Lipinski definition) is 3. The van der Waals surface area contributed by atoms with Gasteiger partial charge in [0.2, 0.25) is 0 Å². The van der Waals surface area contributed by atoms with Gasteiger partial charge in [-0.25, -0.2) is 0 Å². The first kappa shape index (κ1) is 14.6. The van der Waals surface area contributed by atoms with Crippen LogP contribution in [0.25, 0.3) is 0 Å². The number of methoxy groups -OCH3 is 1. The maximum Gasteiger partial charge on any atom is 0.120 e. The molecule has 0 fully saturated rings. The third-order valence-electron chi connectivity index (χ3n) is 2.96. The van der Waals surface area contributed by atoms with Crippen molar-refractivity contribution in [2.24, 2.45) is 0 Å². The lowest BCUT2D eigenvalue weighted by Crippen LogP contribution is -2.18. The Balaban J connectivity index is 1.83. The summed E-state index contributed by atoms with van der Waals surface area (Å²) >= 11 is 0. The quantitative estimate of drug-likeness (QED) is 0.749. The molecule has 2 aromatic carbocycles. The zero-order valence-corrected chi connectivity index (χ0v) is 11.8. The van der Waals surface area contributed by atoms with Crippen molar-refractivity contribution in [1.29, 1.82) is 0 Å². The molecule has 0 heterocycles. The standard InChI is InChI=1S/C17H21NO2/c1-19-11-10-18-13-16-8-5-9-17(12-16)20-14-15-6-3-2-4-7-15/h2-9,12,18H,10-11,13-14H2,1H3. The van der Waals surface area contributed by atoms with E-state index in [-0.39, 0.29) is 0 Å². The molecule has 3 heteroatoms. The smallest absolute Gasteiger partial charge is 0.120 e. The van der Waals surface area contributed by atoms with Crippen LogP contribution in [0.3, 0.4) is 0 Å². The Morgan fingerprint density at radius 2 is 1.75 bits per heavy atom. The Labute approximate surface area is 120 Å². The van der Waals surface area contributed by atoms with Gasteiger partial charge in [0.15, 0.2) is 0 Å². The van der Waals surface area contributed by atoms with E-state index >= 15 is 0 Å². The SMILES string of the molecule is COCCNCc1cccc(OCc2ccccc2)c1. The van der Waals surface area contributed by atoms with Gasteiger partial charge >= 0.3 is 0 Å². The molecule has 0 atom stereocenters. The van der Waals surface area contributed by atoms with Crippen molar-refractivity contribution in [3.63, 3.8) is 0 Å². The molecule has 2 aromatic rings. The van der Waals surface area contributed by atoms with Gasteiger partial charge in [0, 0.05) is 20.2 Å². The Morgan fingerprint density at radius 1 is 0.950 bits per heavy atom. The summed E-state index contributed by atoms with van der Waals surface area (Å²) in [6, 6.07) is 18.4. The highest BCUT2D eigenvalue weighted by molar-refractivity contribution is 5.29. The average Bonchev–Trinajstić information content (AvgIpc) is 2.51. The van der Waals surface area contributed by atoms with Gasteiger partial charge in [0.1, 0.15) is 12.4 Å². The summed E-state index contributed by atoms with van der Waals surface area (Å²) in [5.41, 5.74) is 2.39. The van der Waals surface area contributed by atoms with Crippen molar-refractivity contribution in [2.75, 3.05) is 20.3 Å². The normalized spacial score (nSPS) is 10.4. The predicted molar refractivity (Wildman–Crippen MR) is 80.8 cm³/mol. The van der Waals surface area contributed by atoms with Crippen molar-refractivity contribution < 1.29 is 9.47 Å². The molecule has 0 aliphatic heterocycles. The molecule has 20 heavy (non-hydrogen) atoms. The first-order chi connectivity index (χ1) is 9.88. The van der Waals surface area contributed by atoms with Crippen molar-refractivity contribution in [3.8, 4) is 5.75 Å². The van der Waals surface area contributed by atoms with Crippen LogP contribution < -0.4 is 10.1 Å². The highest BCUT2D eigenvalue weighted by Crippen LogP contribution is 2.15. The zero-order valence-electron chi connectivity index (χ0n) is 11.8. The molecule has 106 valence electrons. The van der Waals surface area contributed by atoms with Crippen LogP contribution in [0, 0.1) is 0 Å². The summed E-state index contributed by atoms with van der Waals surface area (Å²) in [5.74, 6) is 0.903. The van der Waals surface area contributed by atoms with Gasteiger partial charge in [-0.05, 0) is 23.3 Å². The Morgan fingerprint density at radius 3 is 2.55 bits per heavy atom. The first-order valence-corrected chi connectivity index (χ1v) is 6.84. The minimum Gasteiger partial charge on any atom is -0.489 e. The Bertz CT molecular complexity index is 499. The van der Waals surface area contributed by atoms with E-state index in [4.69, 9.17) is 9.47 Å². The van der Waals surface area contributed by atoms with Crippen molar-refractivity contribution in [2.45, 2.75) is 13.2 Å². The van der Waals surface area contributed by atoms with E-state index in [2.05, 4.69) is 29.6 Å². The molecule has 0 bridgehead atoms. The van der Waals surface area contributed by atoms with E-state index in [9.17, 15) is 0 Å². The summed E-state index contributed by atoms with van der Waals surface area (Å²) in [6.07, 6.45) is 0. The van der Waals surface area contributed by atoms with Crippen molar-refractivity contribution in [3.05, 3.63) is 65.7 Å². The maximum atomic E-state index is 5.81. The molecule has 0 saturated heterocycles. The Kier molecular flexibility index (Phi) is 6.08. The van der Waals surface area contributed by atoms with Crippen LogP contribution in [0.4, 0.5) is 0 Å². The minimum absolute atomic E-state index is 0.599. The molecule has 0 aliphatic carbocycles. The van der Waals surface area contributed by atoms with Crippen LogP contribution in [-0.4, -0.2) is 20.3 Å². The van der Waals surface area contributed by atoms with Crippen LogP contribution in [0.1, 0.15) is 11.1 Å². The fourth-order valence-corrected chi connectivity index (χ4v) is 1.89. The van der Waals surface area contributed by atoms with E-state index in [0.29, 0.717) is 6.61 Å².